The quantitative estimate of drug-likeness (QED) is 0.118. The van der Waals surface area contributed by atoms with Gasteiger partial charge in [0.2, 0.25) is 11.8 Å². The van der Waals surface area contributed by atoms with Gasteiger partial charge in [0.15, 0.2) is 0 Å². The summed E-state index contributed by atoms with van der Waals surface area (Å²) in [5, 5.41) is 12.7. The van der Waals surface area contributed by atoms with E-state index in [0.29, 0.717) is 37.3 Å². The Bertz CT molecular complexity index is 592. The number of carbonyl (C=O) groups excluding carboxylic acids is 2. The SMILES string of the molecule is CC(C)[C@@H]1CC[C@@H](C)C[C@H]1OCC(=O)NCCCC[C@@H](N)C(=O)NCCCNCCCCNCCCN. The first-order valence-electron chi connectivity index (χ1n) is 14.9. The minimum atomic E-state index is -0.500. The summed E-state index contributed by atoms with van der Waals surface area (Å²) in [6.07, 6.45) is 10.1. The van der Waals surface area contributed by atoms with Gasteiger partial charge in [-0.25, -0.2) is 0 Å². The zero-order valence-corrected chi connectivity index (χ0v) is 24.0. The molecule has 8 N–H and O–H groups in total. The Morgan fingerprint density at radius 2 is 1.49 bits per heavy atom. The highest BCUT2D eigenvalue weighted by Crippen LogP contribution is 2.35. The Morgan fingerprint density at radius 1 is 0.865 bits per heavy atom. The Kier molecular flexibility index (Phi) is 19.8. The Labute approximate surface area is 226 Å². The first-order valence-corrected chi connectivity index (χ1v) is 14.9. The molecule has 218 valence electrons. The molecule has 0 aliphatic heterocycles. The summed E-state index contributed by atoms with van der Waals surface area (Å²) in [4.78, 5) is 24.4. The molecule has 0 aromatic heterocycles. The molecule has 1 aliphatic rings. The van der Waals surface area contributed by atoms with E-state index >= 15 is 0 Å². The van der Waals surface area contributed by atoms with Gasteiger partial charge in [0.25, 0.3) is 0 Å². The molecule has 0 saturated heterocycles. The predicted octanol–water partition coefficient (Wildman–Crippen LogP) is 1.89. The van der Waals surface area contributed by atoms with Crippen LogP contribution in [0.3, 0.4) is 0 Å². The van der Waals surface area contributed by atoms with E-state index in [-0.39, 0.29) is 24.5 Å². The summed E-state index contributed by atoms with van der Waals surface area (Å²) in [5.74, 6) is 1.62. The molecule has 0 spiro atoms. The summed E-state index contributed by atoms with van der Waals surface area (Å²) in [5.41, 5.74) is 11.5. The van der Waals surface area contributed by atoms with Crippen LogP contribution in [0, 0.1) is 17.8 Å². The van der Waals surface area contributed by atoms with E-state index in [1.807, 2.05) is 0 Å². The topological polar surface area (TPSA) is 144 Å². The molecule has 9 nitrogen and oxygen atoms in total. The lowest BCUT2D eigenvalue weighted by molar-refractivity contribution is -0.131. The van der Waals surface area contributed by atoms with Crippen LogP contribution in [-0.4, -0.2) is 76.4 Å². The summed E-state index contributed by atoms with van der Waals surface area (Å²) in [7, 11) is 0. The third-order valence-corrected chi connectivity index (χ3v) is 7.34. The Hall–Kier alpha value is -1.26. The number of hydrogen-bond acceptors (Lipinski definition) is 7. The van der Waals surface area contributed by atoms with Crippen LogP contribution in [-0.2, 0) is 14.3 Å². The number of unbranched alkanes of at least 4 members (excludes halogenated alkanes) is 2. The van der Waals surface area contributed by atoms with Crippen molar-refractivity contribution in [3.05, 3.63) is 0 Å². The zero-order chi connectivity index (χ0) is 27.3. The van der Waals surface area contributed by atoms with Crippen LogP contribution in [0.1, 0.15) is 85.0 Å². The highest BCUT2D eigenvalue weighted by Gasteiger charge is 2.31. The van der Waals surface area contributed by atoms with Crippen molar-refractivity contribution in [1.82, 2.24) is 21.3 Å². The maximum absolute atomic E-state index is 12.2. The van der Waals surface area contributed by atoms with Crippen molar-refractivity contribution in [2.45, 2.75) is 97.1 Å². The Balaban J connectivity index is 1.97. The smallest absolute Gasteiger partial charge is 0.246 e. The molecule has 0 bridgehead atoms. The van der Waals surface area contributed by atoms with E-state index in [1.54, 1.807) is 0 Å². The molecule has 1 aliphatic carbocycles. The van der Waals surface area contributed by atoms with Crippen LogP contribution < -0.4 is 32.7 Å². The fourth-order valence-corrected chi connectivity index (χ4v) is 4.92. The van der Waals surface area contributed by atoms with Crippen LogP contribution in [0.2, 0.25) is 0 Å². The first-order chi connectivity index (χ1) is 17.8. The molecule has 9 heteroatoms. The monoisotopic (exact) mass is 526 g/mol. The van der Waals surface area contributed by atoms with Crippen molar-refractivity contribution >= 4 is 11.8 Å². The van der Waals surface area contributed by atoms with Gasteiger partial charge in [-0.3, -0.25) is 9.59 Å². The van der Waals surface area contributed by atoms with Crippen molar-refractivity contribution in [3.63, 3.8) is 0 Å². The van der Waals surface area contributed by atoms with Crippen LogP contribution in [0.4, 0.5) is 0 Å². The predicted molar refractivity (Wildman–Crippen MR) is 152 cm³/mol. The van der Waals surface area contributed by atoms with Crippen molar-refractivity contribution in [1.29, 1.82) is 0 Å². The lowest BCUT2D eigenvalue weighted by Gasteiger charge is -2.37. The zero-order valence-electron chi connectivity index (χ0n) is 24.0. The first kappa shape index (κ1) is 33.8. The standard InChI is InChI=1S/C28H58N6O3/c1-22(2)24-12-11-23(3)20-26(24)37-21-27(35)33-18-5-4-10-25(30)28(36)34-19-9-17-32-15-7-6-14-31-16-8-13-29/h22-26,31-32H,4-21,29-30H2,1-3H3,(H,33,35)(H,34,36)/t23-,24+,25-,26-/m1/s1. The van der Waals surface area contributed by atoms with E-state index < -0.39 is 6.04 Å². The normalized spacial score (nSPS) is 20.6. The maximum atomic E-state index is 12.2. The number of rotatable bonds is 22. The Morgan fingerprint density at radius 3 is 2.16 bits per heavy atom. The molecule has 2 amide bonds. The number of ether oxygens (including phenoxy) is 1. The number of nitrogens with one attached hydrogen (secondary N) is 4. The fraction of sp³-hybridized carbons (Fsp3) is 0.929. The molecule has 1 rings (SSSR count). The van der Waals surface area contributed by atoms with Gasteiger partial charge in [-0.1, -0.05) is 27.2 Å². The molecule has 0 aromatic carbocycles. The number of carbonyl (C=O) groups is 2. The third-order valence-electron chi connectivity index (χ3n) is 7.34. The third kappa shape index (κ3) is 17.0. The number of hydrogen-bond donors (Lipinski definition) is 6. The minimum absolute atomic E-state index is 0.0597. The van der Waals surface area contributed by atoms with Gasteiger partial charge in [0.05, 0.1) is 12.1 Å². The molecule has 4 atom stereocenters. The molecule has 0 radical (unpaired) electrons. The molecule has 0 heterocycles. The molecule has 0 aromatic rings. The van der Waals surface area contributed by atoms with E-state index in [4.69, 9.17) is 16.2 Å². The fourth-order valence-electron chi connectivity index (χ4n) is 4.92. The van der Waals surface area contributed by atoms with Gasteiger partial charge in [-0.2, -0.15) is 0 Å². The summed E-state index contributed by atoms with van der Waals surface area (Å²) in [6.45, 7) is 12.8. The van der Waals surface area contributed by atoms with Gasteiger partial charge < -0.3 is 37.5 Å². The van der Waals surface area contributed by atoms with E-state index in [0.717, 1.165) is 77.7 Å². The second kappa shape index (κ2) is 21.6. The minimum Gasteiger partial charge on any atom is -0.368 e. The largest absolute Gasteiger partial charge is 0.368 e. The van der Waals surface area contributed by atoms with E-state index in [2.05, 4.69) is 42.0 Å². The van der Waals surface area contributed by atoms with Crippen molar-refractivity contribution < 1.29 is 14.3 Å². The molecule has 1 fully saturated rings. The van der Waals surface area contributed by atoms with Gasteiger partial charge >= 0.3 is 0 Å². The van der Waals surface area contributed by atoms with Crippen LogP contribution in [0.25, 0.3) is 0 Å². The average Bonchev–Trinajstić information content (AvgIpc) is 2.87. The molecule has 0 unspecified atom stereocenters. The van der Waals surface area contributed by atoms with Gasteiger partial charge in [-0.05, 0) is 108 Å². The lowest BCUT2D eigenvalue weighted by Crippen LogP contribution is -2.41. The number of amides is 2. The van der Waals surface area contributed by atoms with Crippen molar-refractivity contribution in [2.24, 2.45) is 29.2 Å². The maximum Gasteiger partial charge on any atom is 0.246 e. The molecule has 37 heavy (non-hydrogen) atoms. The van der Waals surface area contributed by atoms with Gasteiger partial charge in [-0.15, -0.1) is 0 Å². The lowest BCUT2D eigenvalue weighted by atomic mass is 9.75. The van der Waals surface area contributed by atoms with Gasteiger partial charge in [0.1, 0.15) is 6.61 Å². The molecular weight excluding hydrogens is 468 g/mol. The summed E-state index contributed by atoms with van der Waals surface area (Å²) in [6, 6.07) is -0.500. The highest BCUT2D eigenvalue weighted by atomic mass is 16.5. The molecule has 1 saturated carbocycles. The summed E-state index contributed by atoms with van der Waals surface area (Å²) < 4.78 is 6.02. The highest BCUT2D eigenvalue weighted by molar-refractivity contribution is 5.81. The average molecular weight is 527 g/mol. The number of nitrogens with two attached hydrogens (primary N) is 2. The van der Waals surface area contributed by atoms with E-state index in [9.17, 15) is 9.59 Å². The van der Waals surface area contributed by atoms with Crippen LogP contribution in [0.5, 0.6) is 0 Å². The van der Waals surface area contributed by atoms with E-state index in [1.165, 1.54) is 12.8 Å². The van der Waals surface area contributed by atoms with Crippen molar-refractivity contribution in [2.75, 3.05) is 52.4 Å². The second-order valence-corrected chi connectivity index (χ2v) is 11.1. The van der Waals surface area contributed by atoms with Crippen LogP contribution >= 0.6 is 0 Å². The van der Waals surface area contributed by atoms with Crippen molar-refractivity contribution in [3.8, 4) is 0 Å². The molecular formula is C28H58N6O3. The van der Waals surface area contributed by atoms with Crippen LogP contribution in [0.15, 0.2) is 0 Å². The summed E-state index contributed by atoms with van der Waals surface area (Å²) >= 11 is 0. The van der Waals surface area contributed by atoms with Gasteiger partial charge in [0, 0.05) is 13.1 Å². The second-order valence-electron chi connectivity index (χ2n) is 11.1.